The van der Waals surface area contributed by atoms with Crippen molar-refractivity contribution in [2.45, 2.75) is 50.6 Å². The minimum atomic E-state index is -0.829. The van der Waals surface area contributed by atoms with Crippen molar-refractivity contribution in [3.05, 3.63) is 59.7 Å². The SMILES string of the molecule is COc1cc2c(C(CC(=O)NC3CC3)C3CC3)cn(Cc3ccc(F)cc3)c2cn1.NC(=O)NC=O. The summed E-state index contributed by atoms with van der Waals surface area (Å²) in [5, 5.41) is 5.89. The Labute approximate surface area is 208 Å². The van der Waals surface area contributed by atoms with Crippen LogP contribution in [-0.2, 0) is 16.1 Å². The van der Waals surface area contributed by atoms with Crippen LogP contribution in [0, 0.1) is 11.7 Å². The second-order valence-electron chi connectivity index (χ2n) is 9.20. The molecular formula is C26H30FN5O4. The van der Waals surface area contributed by atoms with Crippen molar-refractivity contribution in [3.63, 3.8) is 0 Å². The molecule has 2 aromatic heterocycles. The van der Waals surface area contributed by atoms with Crippen LogP contribution in [0.5, 0.6) is 5.88 Å². The lowest BCUT2D eigenvalue weighted by molar-refractivity contribution is -0.121. The molecule has 5 rings (SSSR count). The first-order valence-electron chi connectivity index (χ1n) is 11.9. The van der Waals surface area contributed by atoms with Gasteiger partial charge in [-0.2, -0.15) is 0 Å². The zero-order valence-electron chi connectivity index (χ0n) is 20.1. The van der Waals surface area contributed by atoms with E-state index in [0.717, 1.165) is 42.1 Å². The maximum atomic E-state index is 13.3. The number of primary amides is 1. The number of pyridine rings is 1. The topological polar surface area (TPSA) is 128 Å². The van der Waals surface area contributed by atoms with Gasteiger partial charge in [-0.15, -0.1) is 0 Å². The first kappa shape index (κ1) is 25.2. The van der Waals surface area contributed by atoms with Crippen LogP contribution in [0.4, 0.5) is 9.18 Å². The van der Waals surface area contributed by atoms with Gasteiger partial charge in [0.1, 0.15) is 5.82 Å². The molecule has 1 atom stereocenters. The number of nitrogens with zero attached hydrogens (tertiary/aromatic N) is 2. The number of nitrogens with two attached hydrogens (primary N) is 1. The average Bonchev–Trinajstić information content (AvgIpc) is 3.78. The number of carbonyl (C=O) groups excluding carboxylic acids is 3. The number of rotatable bonds is 9. The second-order valence-corrected chi connectivity index (χ2v) is 9.20. The minimum absolute atomic E-state index is 0.148. The highest BCUT2D eigenvalue weighted by Crippen LogP contribution is 2.47. The van der Waals surface area contributed by atoms with Crippen LogP contribution in [0.2, 0.25) is 0 Å². The van der Waals surface area contributed by atoms with Crippen molar-refractivity contribution in [1.29, 1.82) is 0 Å². The van der Waals surface area contributed by atoms with E-state index in [9.17, 15) is 18.8 Å². The van der Waals surface area contributed by atoms with E-state index in [4.69, 9.17) is 4.74 Å². The van der Waals surface area contributed by atoms with Crippen molar-refractivity contribution in [1.82, 2.24) is 20.2 Å². The fourth-order valence-electron chi connectivity index (χ4n) is 4.32. The summed E-state index contributed by atoms with van der Waals surface area (Å²) in [6, 6.07) is 8.10. The molecule has 0 radical (unpaired) electrons. The number of hydrogen-bond acceptors (Lipinski definition) is 5. The van der Waals surface area contributed by atoms with Gasteiger partial charge in [-0.25, -0.2) is 14.2 Å². The van der Waals surface area contributed by atoms with Crippen molar-refractivity contribution in [2.24, 2.45) is 11.7 Å². The molecule has 1 unspecified atom stereocenters. The van der Waals surface area contributed by atoms with E-state index in [2.05, 4.69) is 26.8 Å². The van der Waals surface area contributed by atoms with E-state index in [-0.39, 0.29) is 24.1 Å². The number of methoxy groups -OCH3 is 1. The predicted octanol–water partition coefficient (Wildman–Crippen LogP) is 3.21. The van der Waals surface area contributed by atoms with E-state index in [1.54, 1.807) is 24.6 Å². The van der Waals surface area contributed by atoms with E-state index in [0.29, 0.717) is 30.8 Å². The summed E-state index contributed by atoms with van der Waals surface area (Å²) in [4.78, 5) is 35.7. The molecule has 0 spiro atoms. The van der Waals surface area contributed by atoms with Crippen LogP contribution in [0.3, 0.4) is 0 Å². The first-order chi connectivity index (χ1) is 17.4. The lowest BCUT2D eigenvalue weighted by atomic mass is 9.90. The summed E-state index contributed by atoms with van der Waals surface area (Å²) in [5.41, 5.74) is 7.63. The highest BCUT2D eigenvalue weighted by atomic mass is 19.1. The van der Waals surface area contributed by atoms with Crippen LogP contribution < -0.4 is 21.1 Å². The Balaban J connectivity index is 0.000000455. The molecular weight excluding hydrogens is 465 g/mol. The number of fused-ring (bicyclic) bond motifs is 1. The maximum absolute atomic E-state index is 13.3. The van der Waals surface area contributed by atoms with Crippen molar-refractivity contribution < 1.29 is 23.5 Å². The molecule has 2 heterocycles. The molecule has 2 aliphatic carbocycles. The molecule has 0 saturated heterocycles. The van der Waals surface area contributed by atoms with Crippen molar-refractivity contribution in [2.75, 3.05) is 7.11 Å². The van der Waals surface area contributed by atoms with E-state index in [1.165, 1.54) is 17.7 Å². The summed E-state index contributed by atoms with van der Waals surface area (Å²) >= 11 is 0. The quantitative estimate of drug-likeness (QED) is 0.393. The van der Waals surface area contributed by atoms with Crippen LogP contribution in [0.25, 0.3) is 10.9 Å². The lowest BCUT2D eigenvalue weighted by Gasteiger charge is -2.16. The van der Waals surface area contributed by atoms with E-state index < -0.39 is 6.03 Å². The Bertz CT molecular complexity index is 1240. The van der Waals surface area contributed by atoms with E-state index >= 15 is 0 Å². The van der Waals surface area contributed by atoms with Crippen LogP contribution in [-0.4, -0.2) is 41.1 Å². The van der Waals surface area contributed by atoms with Crippen molar-refractivity contribution in [3.8, 4) is 5.88 Å². The summed E-state index contributed by atoms with van der Waals surface area (Å²) in [6.45, 7) is 0.621. The number of benzene rings is 1. The Hall–Kier alpha value is -3.95. The lowest BCUT2D eigenvalue weighted by Crippen LogP contribution is -2.27. The number of ether oxygens (including phenoxy) is 1. The summed E-state index contributed by atoms with van der Waals surface area (Å²) in [7, 11) is 1.62. The van der Waals surface area contributed by atoms with Gasteiger partial charge in [-0.3, -0.25) is 14.9 Å². The van der Waals surface area contributed by atoms with Gasteiger partial charge < -0.3 is 20.4 Å². The van der Waals surface area contributed by atoms with Gasteiger partial charge in [0.05, 0.1) is 18.8 Å². The molecule has 4 amide bonds. The Morgan fingerprint density at radius 2 is 1.97 bits per heavy atom. The van der Waals surface area contributed by atoms with Gasteiger partial charge >= 0.3 is 6.03 Å². The fraction of sp³-hybridized carbons (Fsp3) is 0.385. The van der Waals surface area contributed by atoms with Gasteiger partial charge in [0.15, 0.2) is 0 Å². The van der Waals surface area contributed by atoms with Crippen LogP contribution >= 0.6 is 0 Å². The molecule has 4 N–H and O–H groups in total. The molecule has 36 heavy (non-hydrogen) atoms. The normalized spacial score (nSPS) is 15.4. The number of aromatic nitrogens is 2. The molecule has 2 aliphatic rings. The first-order valence-corrected chi connectivity index (χ1v) is 11.9. The number of amides is 4. The molecule has 9 nitrogen and oxygen atoms in total. The van der Waals surface area contributed by atoms with Crippen LogP contribution in [0.1, 0.15) is 49.1 Å². The van der Waals surface area contributed by atoms with Gasteiger partial charge in [-0.05, 0) is 60.8 Å². The van der Waals surface area contributed by atoms with Crippen LogP contribution in [0.15, 0.2) is 42.7 Å². The minimum Gasteiger partial charge on any atom is -0.481 e. The van der Waals surface area contributed by atoms with Gasteiger partial charge in [-0.1, -0.05) is 12.1 Å². The number of nitrogens with one attached hydrogen (secondary N) is 2. The smallest absolute Gasteiger partial charge is 0.318 e. The summed E-state index contributed by atoms with van der Waals surface area (Å²) < 4.78 is 20.8. The van der Waals surface area contributed by atoms with Gasteiger partial charge in [0, 0.05) is 36.7 Å². The third-order valence-corrected chi connectivity index (χ3v) is 6.39. The molecule has 2 fully saturated rings. The highest BCUT2D eigenvalue weighted by Gasteiger charge is 2.36. The fourth-order valence-corrected chi connectivity index (χ4v) is 4.32. The molecule has 3 aromatic rings. The second kappa shape index (κ2) is 11.2. The molecule has 10 heteroatoms. The molecule has 0 bridgehead atoms. The van der Waals surface area contributed by atoms with Gasteiger partial charge in [0.25, 0.3) is 0 Å². The van der Waals surface area contributed by atoms with Crippen molar-refractivity contribution >= 4 is 29.3 Å². The summed E-state index contributed by atoms with van der Waals surface area (Å²) in [6.07, 6.45) is 9.24. The zero-order chi connectivity index (χ0) is 25.7. The number of hydrogen-bond donors (Lipinski definition) is 3. The third kappa shape index (κ3) is 6.59. The number of imide groups is 1. The maximum Gasteiger partial charge on any atom is 0.318 e. The monoisotopic (exact) mass is 495 g/mol. The average molecular weight is 496 g/mol. The predicted molar refractivity (Wildman–Crippen MR) is 132 cm³/mol. The molecule has 0 aliphatic heterocycles. The van der Waals surface area contributed by atoms with Gasteiger partial charge in [0.2, 0.25) is 18.2 Å². The largest absolute Gasteiger partial charge is 0.481 e. The number of urea groups is 1. The molecule has 2 saturated carbocycles. The Morgan fingerprint density at radius 1 is 1.25 bits per heavy atom. The standard InChI is InChI=1S/C24H26FN3O2.C2H4N2O2/c1-30-24-11-20-21(19(16-4-5-16)10-23(29)27-18-8-9-18)14-28(22(20)12-26-24)13-15-2-6-17(25)7-3-15;3-2(6)4-1-5/h2-3,6-7,11-12,14,16,18-19H,4-5,8-10,13H2,1H3,(H,27,29);1H,(H3,3,4,5,6). The number of halogens is 1. The molecule has 1 aromatic carbocycles. The Morgan fingerprint density at radius 3 is 2.53 bits per heavy atom. The Kier molecular flexibility index (Phi) is 7.82. The summed E-state index contributed by atoms with van der Waals surface area (Å²) in [5.74, 6) is 1.21. The highest BCUT2D eigenvalue weighted by molar-refractivity contribution is 5.86. The third-order valence-electron chi connectivity index (χ3n) is 6.39. The number of carbonyl (C=O) groups is 3. The zero-order valence-corrected chi connectivity index (χ0v) is 20.1. The van der Waals surface area contributed by atoms with E-state index in [1.807, 2.05) is 12.3 Å². The molecule has 190 valence electrons.